The van der Waals surface area contributed by atoms with E-state index in [9.17, 15) is 9.59 Å². The minimum absolute atomic E-state index is 0.0941. The van der Waals surface area contributed by atoms with Crippen LogP contribution in [0.2, 0.25) is 0 Å². The molecule has 1 aromatic heterocycles. The van der Waals surface area contributed by atoms with E-state index in [4.69, 9.17) is 0 Å². The van der Waals surface area contributed by atoms with Gasteiger partial charge in [-0.15, -0.1) is 0 Å². The first-order valence-corrected chi connectivity index (χ1v) is 9.64. The van der Waals surface area contributed by atoms with Crippen molar-refractivity contribution in [2.24, 2.45) is 0 Å². The van der Waals surface area contributed by atoms with E-state index in [-0.39, 0.29) is 11.8 Å². The number of rotatable bonds is 4. The maximum Gasteiger partial charge on any atom is 0.277 e. The predicted octanol–water partition coefficient (Wildman–Crippen LogP) is 1.95. The highest BCUT2D eigenvalue weighted by Gasteiger charge is 2.53. The number of aromatic nitrogens is 3. The number of aromatic amines is 1. The van der Waals surface area contributed by atoms with E-state index in [1.165, 1.54) is 5.56 Å². The number of benzene rings is 1. The molecule has 1 N–H and O–H groups in total. The maximum absolute atomic E-state index is 13.4. The number of carbonyl (C=O) groups is 2. The molecule has 2 amide bonds. The molecule has 2 fully saturated rings. The number of hydrogen-bond donors (Lipinski definition) is 1. The van der Waals surface area contributed by atoms with Crippen molar-refractivity contribution >= 4 is 11.8 Å². The molecule has 7 nitrogen and oxygen atoms in total. The number of H-pyrrole nitrogens is 1. The lowest BCUT2D eigenvalue weighted by molar-refractivity contribution is -0.145. The van der Waals surface area contributed by atoms with Crippen LogP contribution in [0.4, 0.5) is 0 Å². The quantitative estimate of drug-likeness (QED) is 0.895. The standard InChI is InChI=1S/C20H25N5O2/c1-15-17(22-23-21-15)18(26)25-13-6-11-20(25)10-5-12-24(19(20)27)14-9-16-7-3-2-4-8-16/h2-4,7-8H,5-6,9-14H2,1H3,(H,21,22,23). The molecular weight excluding hydrogens is 342 g/mol. The fourth-order valence-electron chi connectivity index (χ4n) is 4.46. The number of piperidine rings is 1. The smallest absolute Gasteiger partial charge is 0.277 e. The Morgan fingerprint density at radius 3 is 2.59 bits per heavy atom. The molecule has 0 radical (unpaired) electrons. The molecule has 4 rings (SSSR count). The molecule has 2 aliphatic heterocycles. The van der Waals surface area contributed by atoms with Gasteiger partial charge >= 0.3 is 0 Å². The predicted molar refractivity (Wildman–Crippen MR) is 100 cm³/mol. The lowest BCUT2D eigenvalue weighted by Crippen LogP contribution is -2.61. The molecule has 1 aromatic carbocycles. The van der Waals surface area contributed by atoms with Gasteiger partial charge in [0.15, 0.2) is 5.69 Å². The average Bonchev–Trinajstić information content (AvgIpc) is 3.30. The number of amides is 2. The van der Waals surface area contributed by atoms with E-state index >= 15 is 0 Å². The zero-order chi connectivity index (χ0) is 18.9. The molecule has 3 heterocycles. The summed E-state index contributed by atoms with van der Waals surface area (Å²) in [5, 5.41) is 10.5. The lowest BCUT2D eigenvalue weighted by atomic mass is 9.85. The van der Waals surface area contributed by atoms with E-state index in [0.717, 1.165) is 38.6 Å². The molecule has 0 saturated carbocycles. The zero-order valence-corrected chi connectivity index (χ0v) is 15.6. The average molecular weight is 367 g/mol. The van der Waals surface area contributed by atoms with Crippen molar-refractivity contribution in [3.63, 3.8) is 0 Å². The first-order valence-electron chi connectivity index (χ1n) is 9.64. The highest BCUT2D eigenvalue weighted by molar-refractivity contribution is 5.99. The van der Waals surface area contributed by atoms with Crippen molar-refractivity contribution in [3.05, 3.63) is 47.3 Å². The summed E-state index contributed by atoms with van der Waals surface area (Å²) >= 11 is 0. The monoisotopic (exact) mass is 367 g/mol. The number of likely N-dealkylation sites (tertiary alicyclic amines) is 2. The summed E-state index contributed by atoms with van der Waals surface area (Å²) in [6.07, 6.45) is 4.06. The molecule has 1 atom stereocenters. The third-order valence-electron chi connectivity index (χ3n) is 5.88. The van der Waals surface area contributed by atoms with Crippen LogP contribution in [-0.4, -0.2) is 62.2 Å². The minimum atomic E-state index is -0.711. The van der Waals surface area contributed by atoms with Gasteiger partial charge in [0.05, 0.1) is 5.69 Å². The highest BCUT2D eigenvalue weighted by atomic mass is 16.2. The van der Waals surface area contributed by atoms with Gasteiger partial charge in [0, 0.05) is 19.6 Å². The van der Waals surface area contributed by atoms with E-state index in [1.54, 1.807) is 11.8 Å². The van der Waals surface area contributed by atoms with Crippen LogP contribution in [0.5, 0.6) is 0 Å². The van der Waals surface area contributed by atoms with Crippen molar-refractivity contribution < 1.29 is 9.59 Å². The second kappa shape index (κ2) is 7.13. The summed E-state index contributed by atoms with van der Waals surface area (Å²) in [5.41, 5.74) is 1.41. The van der Waals surface area contributed by atoms with Crippen LogP contribution in [0.15, 0.2) is 30.3 Å². The molecule has 142 valence electrons. The maximum atomic E-state index is 13.4. The SMILES string of the molecule is Cc1n[nH]nc1C(=O)N1CCCC12CCCN(CCc1ccccc1)C2=O. The molecule has 0 aliphatic carbocycles. The Labute approximate surface area is 158 Å². The summed E-state index contributed by atoms with van der Waals surface area (Å²) in [5.74, 6) is -0.0892. The van der Waals surface area contributed by atoms with Crippen LogP contribution in [0, 0.1) is 6.92 Å². The molecule has 2 aromatic rings. The number of carbonyl (C=O) groups excluding carboxylic acids is 2. The van der Waals surface area contributed by atoms with Gasteiger partial charge in [-0.05, 0) is 44.6 Å². The van der Waals surface area contributed by atoms with Gasteiger partial charge in [-0.25, -0.2) is 0 Å². The summed E-state index contributed by atoms with van der Waals surface area (Å²) in [7, 11) is 0. The third-order valence-corrected chi connectivity index (χ3v) is 5.88. The van der Waals surface area contributed by atoms with E-state index < -0.39 is 5.54 Å². The van der Waals surface area contributed by atoms with Crippen LogP contribution in [0.25, 0.3) is 0 Å². The van der Waals surface area contributed by atoms with Gasteiger partial charge in [-0.3, -0.25) is 9.59 Å². The second-order valence-electron chi connectivity index (χ2n) is 7.48. The van der Waals surface area contributed by atoms with Crippen molar-refractivity contribution in [1.82, 2.24) is 25.2 Å². The number of hydrogen-bond acceptors (Lipinski definition) is 4. The van der Waals surface area contributed by atoms with Crippen LogP contribution >= 0.6 is 0 Å². The Morgan fingerprint density at radius 2 is 1.89 bits per heavy atom. The van der Waals surface area contributed by atoms with Crippen LogP contribution < -0.4 is 0 Å². The Bertz CT molecular complexity index is 834. The zero-order valence-electron chi connectivity index (χ0n) is 15.6. The molecule has 2 aliphatic rings. The van der Waals surface area contributed by atoms with Gasteiger partial charge in [0.2, 0.25) is 5.91 Å². The van der Waals surface area contributed by atoms with E-state index in [0.29, 0.717) is 24.5 Å². The summed E-state index contributed by atoms with van der Waals surface area (Å²) in [4.78, 5) is 30.2. The van der Waals surface area contributed by atoms with Crippen molar-refractivity contribution in [3.8, 4) is 0 Å². The van der Waals surface area contributed by atoms with Gasteiger partial charge < -0.3 is 9.80 Å². The van der Waals surface area contributed by atoms with Crippen molar-refractivity contribution in [1.29, 1.82) is 0 Å². The molecule has 1 unspecified atom stereocenters. The molecule has 27 heavy (non-hydrogen) atoms. The van der Waals surface area contributed by atoms with Crippen LogP contribution in [0.3, 0.4) is 0 Å². The van der Waals surface area contributed by atoms with E-state index in [1.807, 2.05) is 23.1 Å². The third kappa shape index (κ3) is 3.11. The summed E-state index contributed by atoms with van der Waals surface area (Å²) < 4.78 is 0. The van der Waals surface area contributed by atoms with Crippen molar-refractivity contribution in [2.75, 3.05) is 19.6 Å². The fraction of sp³-hybridized carbons (Fsp3) is 0.500. The molecule has 7 heteroatoms. The Kier molecular flexibility index (Phi) is 4.68. The molecule has 1 spiro atoms. The lowest BCUT2D eigenvalue weighted by Gasteiger charge is -2.44. The Hall–Kier alpha value is -2.70. The number of nitrogens with one attached hydrogen (secondary N) is 1. The van der Waals surface area contributed by atoms with Gasteiger partial charge in [0.1, 0.15) is 5.54 Å². The highest BCUT2D eigenvalue weighted by Crippen LogP contribution is 2.39. The summed E-state index contributed by atoms with van der Waals surface area (Å²) in [6.45, 7) is 3.81. The van der Waals surface area contributed by atoms with Crippen LogP contribution in [-0.2, 0) is 11.2 Å². The summed E-state index contributed by atoms with van der Waals surface area (Å²) in [6, 6.07) is 10.2. The van der Waals surface area contributed by atoms with Crippen LogP contribution in [0.1, 0.15) is 47.4 Å². The van der Waals surface area contributed by atoms with Crippen molar-refractivity contribution in [2.45, 2.75) is 44.6 Å². The first kappa shape index (κ1) is 17.7. The Morgan fingerprint density at radius 1 is 1.15 bits per heavy atom. The van der Waals surface area contributed by atoms with Gasteiger partial charge in [0.25, 0.3) is 5.91 Å². The van der Waals surface area contributed by atoms with E-state index in [2.05, 4.69) is 27.5 Å². The molecule has 0 bridgehead atoms. The topological polar surface area (TPSA) is 82.2 Å². The second-order valence-corrected chi connectivity index (χ2v) is 7.48. The largest absolute Gasteiger partial charge is 0.340 e. The first-order chi connectivity index (χ1) is 13.1. The normalized spacial score (nSPS) is 22.6. The fourth-order valence-corrected chi connectivity index (χ4v) is 4.46. The Balaban J connectivity index is 1.53. The molecular formula is C20H25N5O2. The number of aryl methyl sites for hydroxylation is 1. The van der Waals surface area contributed by atoms with Gasteiger partial charge in [-0.1, -0.05) is 30.3 Å². The minimum Gasteiger partial charge on any atom is -0.340 e. The molecule has 2 saturated heterocycles. The number of nitrogens with zero attached hydrogens (tertiary/aromatic N) is 4. The van der Waals surface area contributed by atoms with Gasteiger partial charge in [-0.2, -0.15) is 15.4 Å².